The third-order valence-corrected chi connectivity index (χ3v) is 4.22. The number of likely N-dealkylation sites (tertiary alicyclic amines) is 1. The average molecular weight is 299 g/mol. The van der Waals surface area contributed by atoms with E-state index in [1.807, 2.05) is 6.07 Å². The molecule has 22 heavy (non-hydrogen) atoms. The Hall–Kier alpha value is -2.15. The molecule has 1 aliphatic heterocycles. The normalized spacial score (nSPS) is 19.0. The van der Waals surface area contributed by atoms with Crippen molar-refractivity contribution in [2.24, 2.45) is 5.92 Å². The van der Waals surface area contributed by atoms with Gasteiger partial charge >= 0.3 is 0 Å². The van der Waals surface area contributed by atoms with Gasteiger partial charge in [-0.05, 0) is 26.0 Å². The van der Waals surface area contributed by atoms with Gasteiger partial charge in [0.25, 0.3) is 0 Å². The highest BCUT2D eigenvalue weighted by Gasteiger charge is 2.25. The maximum absolute atomic E-state index is 4.49. The minimum Gasteiger partial charge on any atom is -0.354 e. The summed E-state index contributed by atoms with van der Waals surface area (Å²) in [5, 5.41) is 13.9. The van der Waals surface area contributed by atoms with Gasteiger partial charge in [-0.2, -0.15) is 10.1 Å². The Morgan fingerprint density at radius 3 is 2.95 bits per heavy atom. The van der Waals surface area contributed by atoms with E-state index in [-0.39, 0.29) is 0 Å². The standard InChI is InChI=1S/C15H21N7/c1-22-8-10(9-22)7-17-15-16-5-4-13(19-15)18-14-6-12(20-21-14)11-2-3-11/h4-6,10-11H,2-3,7-9H2,1H3,(H3,16,17,18,19,20,21). The van der Waals surface area contributed by atoms with Crippen LogP contribution in [0.15, 0.2) is 18.3 Å². The van der Waals surface area contributed by atoms with E-state index in [4.69, 9.17) is 0 Å². The van der Waals surface area contributed by atoms with E-state index in [2.05, 4.69) is 48.8 Å². The zero-order valence-electron chi connectivity index (χ0n) is 12.7. The van der Waals surface area contributed by atoms with Crippen LogP contribution in [0.1, 0.15) is 24.5 Å². The molecule has 3 N–H and O–H groups in total. The van der Waals surface area contributed by atoms with Crippen molar-refractivity contribution in [1.82, 2.24) is 25.1 Å². The summed E-state index contributed by atoms with van der Waals surface area (Å²) in [5.41, 5.74) is 1.21. The molecule has 0 radical (unpaired) electrons. The van der Waals surface area contributed by atoms with Crippen LogP contribution >= 0.6 is 0 Å². The largest absolute Gasteiger partial charge is 0.354 e. The van der Waals surface area contributed by atoms with Gasteiger partial charge in [0.05, 0.1) is 0 Å². The fourth-order valence-electron chi connectivity index (χ4n) is 2.84. The Morgan fingerprint density at radius 1 is 1.32 bits per heavy atom. The maximum Gasteiger partial charge on any atom is 0.224 e. The lowest BCUT2D eigenvalue weighted by molar-refractivity contribution is 0.144. The Kier molecular flexibility index (Phi) is 3.42. The van der Waals surface area contributed by atoms with E-state index in [1.165, 1.54) is 18.5 Å². The molecule has 0 bridgehead atoms. The van der Waals surface area contributed by atoms with E-state index in [0.29, 0.717) is 17.8 Å². The fraction of sp³-hybridized carbons (Fsp3) is 0.533. The van der Waals surface area contributed by atoms with E-state index in [1.54, 1.807) is 6.20 Å². The molecule has 2 aromatic rings. The first-order valence-corrected chi connectivity index (χ1v) is 7.84. The highest BCUT2D eigenvalue weighted by atomic mass is 15.2. The maximum atomic E-state index is 4.49. The highest BCUT2D eigenvalue weighted by molar-refractivity contribution is 5.53. The van der Waals surface area contributed by atoms with Crippen molar-refractivity contribution in [3.05, 3.63) is 24.0 Å². The van der Waals surface area contributed by atoms with Crippen LogP contribution in [0.4, 0.5) is 17.6 Å². The summed E-state index contributed by atoms with van der Waals surface area (Å²) < 4.78 is 0. The lowest BCUT2D eigenvalue weighted by atomic mass is 10.0. The molecule has 7 nitrogen and oxygen atoms in total. The Labute approximate surface area is 129 Å². The van der Waals surface area contributed by atoms with Crippen molar-refractivity contribution in [3.8, 4) is 0 Å². The molecule has 1 aliphatic carbocycles. The van der Waals surface area contributed by atoms with Gasteiger partial charge in [0.1, 0.15) is 5.82 Å². The summed E-state index contributed by atoms with van der Waals surface area (Å²) in [4.78, 5) is 11.1. The van der Waals surface area contributed by atoms with Gasteiger partial charge < -0.3 is 15.5 Å². The average Bonchev–Trinajstić information content (AvgIpc) is 3.24. The number of H-pyrrole nitrogens is 1. The summed E-state index contributed by atoms with van der Waals surface area (Å²) in [5.74, 6) is 3.60. The Bertz CT molecular complexity index is 643. The number of hydrogen-bond acceptors (Lipinski definition) is 6. The molecule has 1 saturated heterocycles. The van der Waals surface area contributed by atoms with Crippen molar-refractivity contribution < 1.29 is 0 Å². The second kappa shape index (κ2) is 5.57. The summed E-state index contributed by atoms with van der Waals surface area (Å²) in [6, 6.07) is 3.92. The molecule has 2 fully saturated rings. The van der Waals surface area contributed by atoms with Crippen LogP contribution in [-0.4, -0.2) is 51.7 Å². The van der Waals surface area contributed by atoms with Crippen LogP contribution in [0.25, 0.3) is 0 Å². The fourth-order valence-corrected chi connectivity index (χ4v) is 2.84. The molecule has 0 amide bonds. The number of aromatic amines is 1. The minimum atomic E-state index is 0.664. The van der Waals surface area contributed by atoms with Crippen molar-refractivity contribution in [2.75, 3.05) is 37.3 Å². The molecule has 0 aromatic carbocycles. The summed E-state index contributed by atoms with van der Waals surface area (Å²) in [7, 11) is 2.14. The van der Waals surface area contributed by atoms with Gasteiger partial charge in [-0.1, -0.05) is 0 Å². The summed E-state index contributed by atoms with van der Waals surface area (Å²) in [6.07, 6.45) is 4.29. The van der Waals surface area contributed by atoms with Crippen molar-refractivity contribution in [3.63, 3.8) is 0 Å². The Balaban J connectivity index is 1.35. The number of anilines is 3. The zero-order chi connectivity index (χ0) is 14.9. The van der Waals surface area contributed by atoms with Crippen LogP contribution in [0, 0.1) is 5.92 Å². The zero-order valence-corrected chi connectivity index (χ0v) is 12.7. The number of rotatable bonds is 6. The topological polar surface area (TPSA) is 81.8 Å². The van der Waals surface area contributed by atoms with Gasteiger partial charge in [-0.25, -0.2) is 4.98 Å². The minimum absolute atomic E-state index is 0.664. The first-order valence-electron chi connectivity index (χ1n) is 7.84. The van der Waals surface area contributed by atoms with Crippen LogP contribution in [-0.2, 0) is 0 Å². The number of aromatic nitrogens is 4. The molecule has 2 aromatic heterocycles. The van der Waals surface area contributed by atoms with Gasteiger partial charge in [0.15, 0.2) is 5.82 Å². The van der Waals surface area contributed by atoms with Crippen LogP contribution < -0.4 is 10.6 Å². The van der Waals surface area contributed by atoms with E-state index in [9.17, 15) is 0 Å². The molecule has 3 heterocycles. The second-order valence-corrected chi connectivity index (χ2v) is 6.34. The molecule has 0 unspecified atom stereocenters. The first kappa shape index (κ1) is 13.5. The lowest BCUT2D eigenvalue weighted by Crippen LogP contribution is -2.46. The van der Waals surface area contributed by atoms with Crippen molar-refractivity contribution in [2.45, 2.75) is 18.8 Å². The molecule has 2 aliphatic rings. The smallest absolute Gasteiger partial charge is 0.224 e. The molecule has 0 spiro atoms. The van der Waals surface area contributed by atoms with E-state index < -0.39 is 0 Å². The summed E-state index contributed by atoms with van der Waals surface area (Å²) in [6.45, 7) is 3.20. The SMILES string of the molecule is CN1CC(CNc2nccc(Nc3cc(C4CC4)[nH]n3)n2)C1. The van der Waals surface area contributed by atoms with Crippen molar-refractivity contribution in [1.29, 1.82) is 0 Å². The molecular weight excluding hydrogens is 278 g/mol. The van der Waals surface area contributed by atoms with E-state index >= 15 is 0 Å². The predicted octanol–water partition coefficient (Wildman–Crippen LogP) is 1.79. The first-order chi connectivity index (χ1) is 10.8. The monoisotopic (exact) mass is 299 g/mol. The van der Waals surface area contributed by atoms with Gasteiger partial charge in [-0.15, -0.1) is 0 Å². The lowest BCUT2D eigenvalue weighted by Gasteiger charge is -2.36. The van der Waals surface area contributed by atoms with Gasteiger partial charge in [-0.3, -0.25) is 5.10 Å². The van der Waals surface area contributed by atoms with Crippen molar-refractivity contribution >= 4 is 17.6 Å². The van der Waals surface area contributed by atoms with Crippen LogP contribution in [0.5, 0.6) is 0 Å². The molecular formula is C15H21N7. The molecule has 1 saturated carbocycles. The molecule has 4 rings (SSSR count). The number of hydrogen-bond donors (Lipinski definition) is 3. The third-order valence-electron chi connectivity index (χ3n) is 4.22. The number of nitrogens with zero attached hydrogens (tertiary/aromatic N) is 4. The summed E-state index contributed by atoms with van der Waals surface area (Å²) >= 11 is 0. The van der Waals surface area contributed by atoms with Crippen LogP contribution in [0.3, 0.4) is 0 Å². The Morgan fingerprint density at radius 2 is 2.18 bits per heavy atom. The van der Waals surface area contributed by atoms with E-state index in [0.717, 1.165) is 31.3 Å². The molecule has 7 heteroatoms. The van der Waals surface area contributed by atoms with Gasteiger partial charge in [0, 0.05) is 49.4 Å². The molecule has 0 atom stereocenters. The van der Waals surface area contributed by atoms with Gasteiger partial charge in [0.2, 0.25) is 5.95 Å². The third kappa shape index (κ3) is 3.04. The number of nitrogens with one attached hydrogen (secondary N) is 3. The van der Waals surface area contributed by atoms with Crippen LogP contribution in [0.2, 0.25) is 0 Å². The molecule has 116 valence electrons. The predicted molar refractivity (Wildman–Crippen MR) is 85.4 cm³/mol. The quantitative estimate of drug-likeness (QED) is 0.754. The second-order valence-electron chi connectivity index (χ2n) is 6.34. The highest BCUT2D eigenvalue weighted by Crippen LogP contribution is 2.39.